The van der Waals surface area contributed by atoms with Gasteiger partial charge >= 0.3 is 0 Å². The molecule has 2 N–H and O–H groups in total. The summed E-state index contributed by atoms with van der Waals surface area (Å²) in [5, 5.41) is 16.5. The number of halogens is 1. The lowest BCUT2D eigenvalue weighted by Gasteiger charge is -2.36. The van der Waals surface area contributed by atoms with Crippen molar-refractivity contribution in [2.24, 2.45) is 0 Å². The fourth-order valence-corrected chi connectivity index (χ4v) is 10.4. The molecule has 5 aromatic carbocycles. The molecule has 8 rings (SSSR count). The van der Waals surface area contributed by atoms with Gasteiger partial charge in [0.25, 0.3) is 21.6 Å². The van der Waals surface area contributed by atoms with Crippen LogP contribution in [0.25, 0.3) is 11.1 Å². The molecule has 0 bridgehead atoms. The quantitative estimate of drug-likeness (QED) is 0.0377. The number of carbonyl (C=O) groups excluding carboxylic acids is 1. The van der Waals surface area contributed by atoms with Crippen LogP contribution in [0.2, 0.25) is 5.02 Å². The zero-order valence-corrected chi connectivity index (χ0v) is 37.9. The maximum Gasteiger partial charge on any atom is 0.293 e. The predicted molar refractivity (Wildman–Crippen MR) is 256 cm³/mol. The van der Waals surface area contributed by atoms with Gasteiger partial charge in [-0.25, -0.2) is 13.1 Å². The van der Waals surface area contributed by atoms with Gasteiger partial charge in [0.05, 0.1) is 22.0 Å². The fourth-order valence-electron chi connectivity index (χ4n) is 8.32. The molecule has 2 atom stereocenters. The van der Waals surface area contributed by atoms with Gasteiger partial charge in [-0.15, -0.1) is 11.8 Å². The number of thioether (sulfide) groups is 1. The van der Waals surface area contributed by atoms with Crippen molar-refractivity contribution in [3.05, 3.63) is 160 Å². The normalized spacial score (nSPS) is 17.7. The number of likely N-dealkylation sites (tertiary alicyclic amines) is 1. The number of nitro groups is 1. The Morgan fingerprint density at radius 1 is 0.859 bits per heavy atom. The minimum Gasteiger partial charge on any atom is -0.376 e. The molecule has 12 nitrogen and oxygen atoms in total. The molecule has 0 aromatic heterocycles. The summed E-state index contributed by atoms with van der Waals surface area (Å²) in [4.78, 5) is 32.9. The second-order valence-electron chi connectivity index (χ2n) is 16.5. The molecule has 0 saturated carbocycles. The van der Waals surface area contributed by atoms with Crippen molar-refractivity contribution in [2.45, 2.75) is 60.3 Å². The summed E-state index contributed by atoms with van der Waals surface area (Å²) >= 11 is 7.79. The fraction of sp³-hybridized carbons (Fsp3) is 0.327. The van der Waals surface area contributed by atoms with Crippen LogP contribution in [0.5, 0.6) is 0 Å². The number of nitrogens with one attached hydrogen (secondary N) is 2. The number of piperazine rings is 1. The van der Waals surface area contributed by atoms with Gasteiger partial charge in [0.15, 0.2) is 0 Å². The SMILES string of the molecule is O=C(NS(=O)(=O)c1ccc(N[C@H](CCN2CCC(OC3C=CC3)CC2)CSc2ccccc2)c([N+](=O)[O-])c1)c1ccc(N2CCN(Cc3ccccc3-c3ccc(Cl)cc3)CC2)cc1. The van der Waals surface area contributed by atoms with E-state index in [1.807, 2.05) is 72.8 Å². The van der Waals surface area contributed by atoms with Crippen LogP contribution in [-0.2, 0) is 21.3 Å². The van der Waals surface area contributed by atoms with E-state index in [0.717, 1.165) is 100 Å². The second-order valence-corrected chi connectivity index (χ2v) is 19.7. The number of ether oxygens (including phenoxy) is 1. The Hall–Kier alpha value is -5.22. The third-order valence-corrected chi connectivity index (χ3v) is 14.9. The highest BCUT2D eigenvalue weighted by Gasteiger charge is 2.28. The Balaban J connectivity index is 0.864. The smallest absolute Gasteiger partial charge is 0.293 e. The average Bonchev–Trinajstić information content (AvgIpc) is 3.30. The number of carbonyl (C=O) groups is 1. The van der Waals surface area contributed by atoms with E-state index in [-0.39, 0.29) is 40.1 Å². The molecule has 2 aliphatic heterocycles. The zero-order chi connectivity index (χ0) is 44.5. The number of benzene rings is 5. The zero-order valence-electron chi connectivity index (χ0n) is 35.6. The number of nitro benzene ring substituents is 1. The second kappa shape index (κ2) is 21.2. The average molecular weight is 922 g/mol. The van der Waals surface area contributed by atoms with Gasteiger partial charge in [-0.05, 0) is 103 Å². The Kier molecular flexibility index (Phi) is 15.0. The molecule has 2 saturated heterocycles. The molecule has 2 heterocycles. The third-order valence-electron chi connectivity index (χ3n) is 12.1. The van der Waals surface area contributed by atoms with Crippen molar-refractivity contribution in [1.82, 2.24) is 14.5 Å². The molecular weight excluding hydrogens is 868 g/mol. The summed E-state index contributed by atoms with van der Waals surface area (Å²) in [6.07, 6.45) is 8.38. The van der Waals surface area contributed by atoms with Crippen molar-refractivity contribution < 1.29 is 22.9 Å². The highest BCUT2D eigenvalue weighted by molar-refractivity contribution is 7.99. The van der Waals surface area contributed by atoms with Gasteiger partial charge in [-0.2, -0.15) is 0 Å². The molecule has 1 unspecified atom stereocenters. The maximum absolute atomic E-state index is 13.5. The number of rotatable bonds is 18. The number of hydrogen-bond donors (Lipinski definition) is 2. The van der Waals surface area contributed by atoms with Crippen molar-refractivity contribution in [1.29, 1.82) is 0 Å². The van der Waals surface area contributed by atoms with E-state index >= 15 is 0 Å². The van der Waals surface area contributed by atoms with Crippen LogP contribution in [0.3, 0.4) is 0 Å². The summed E-state index contributed by atoms with van der Waals surface area (Å²) in [7, 11) is -4.45. The summed E-state index contributed by atoms with van der Waals surface area (Å²) in [5.41, 5.74) is 4.47. The topological polar surface area (TPSA) is 137 Å². The van der Waals surface area contributed by atoms with Crippen LogP contribution in [0, 0.1) is 10.1 Å². The molecular formula is C49H53ClN6O6S2. The van der Waals surface area contributed by atoms with E-state index < -0.39 is 20.9 Å². The van der Waals surface area contributed by atoms with Crippen LogP contribution < -0.4 is 14.9 Å². The Morgan fingerprint density at radius 3 is 2.25 bits per heavy atom. The highest BCUT2D eigenvalue weighted by Crippen LogP contribution is 2.32. The lowest BCUT2D eigenvalue weighted by atomic mass is 9.99. The van der Waals surface area contributed by atoms with Gasteiger partial charge < -0.3 is 19.9 Å². The number of hydrogen-bond acceptors (Lipinski definition) is 11. The Bertz CT molecular complexity index is 2510. The number of anilines is 2. The molecule has 5 aromatic rings. The predicted octanol–water partition coefficient (Wildman–Crippen LogP) is 9.13. The number of amides is 1. The van der Waals surface area contributed by atoms with Crippen molar-refractivity contribution >= 4 is 56.4 Å². The molecule has 334 valence electrons. The van der Waals surface area contributed by atoms with E-state index in [1.165, 1.54) is 23.3 Å². The third kappa shape index (κ3) is 11.9. The standard InChI is InChI=1S/C49H53ClN6O6S2/c50-39-17-13-36(14-18-39)46-12-5-4-7-38(46)34-54-29-31-55(32-30-54)41-19-15-37(16-20-41)49(57)52-64(60,61)45-21-22-47(48(33-45)56(58)59)51-40(35-63-44-10-2-1-3-11-44)23-26-53-27-24-43(25-28-53)62-42-8-6-9-42/h1-8,10-22,33,40,42-43,51H,9,23-32,34-35H2,(H,52,57)/t40-,42?/m1/s1. The summed E-state index contributed by atoms with van der Waals surface area (Å²) in [6.45, 7) is 6.71. The van der Waals surface area contributed by atoms with E-state index in [0.29, 0.717) is 10.8 Å². The van der Waals surface area contributed by atoms with Crippen LogP contribution in [0.15, 0.2) is 143 Å². The van der Waals surface area contributed by atoms with Gasteiger partial charge in [0.2, 0.25) is 0 Å². The monoisotopic (exact) mass is 920 g/mol. The number of nitrogens with zero attached hydrogens (tertiary/aromatic N) is 4. The molecule has 1 amide bonds. The van der Waals surface area contributed by atoms with Crippen molar-refractivity contribution in [2.75, 3.05) is 61.8 Å². The molecule has 0 spiro atoms. The Morgan fingerprint density at radius 2 is 1.56 bits per heavy atom. The molecule has 2 fully saturated rings. The number of sulfonamides is 1. The van der Waals surface area contributed by atoms with Gasteiger partial charge in [-0.3, -0.25) is 19.8 Å². The van der Waals surface area contributed by atoms with Crippen LogP contribution in [0.4, 0.5) is 17.1 Å². The van der Waals surface area contributed by atoms with Crippen LogP contribution in [-0.4, -0.2) is 98.9 Å². The molecule has 3 aliphatic rings. The number of piperidine rings is 1. The summed E-state index contributed by atoms with van der Waals surface area (Å²) in [5.74, 6) is -0.185. The van der Waals surface area contributed by atoms with Gasteiger partial charge in [0, 0.05) is 91.4 Å². The summed E-state index contributed by atoms with van der Waals surface area (Å²) in [6, 6.07) is 36.7. The van der Waals surface area contributed by atoms with Crippen molar-refractivity contribution in [3.63, 3.8) is 0 Å². The highest BCUT2D eigenvalue weighted by atomic mass is 35.5. The van der Waals surface area contributed by atoms with Gasteiger partial charge in [-0.1, -0.05) is 78.4 Å². The van der Waals surface area contributed by atoms with E-state index in [2.05, 4.69) is 55.1 Å². The van der Waals surface area contributed by atoms with E-state index in [9.17, 15) is 23.3 Å². The molecule has 1 aliphatic carbocycles. The molecule has 0 radical (unpaired) electrons. The first kappa shape index (κ1) is 45.4. The molecule has 64 heavy (non-hydrogen) atoms. The Labute approximate surface area is 384 Å². The maximum atomic E-state index is 13.5. The molecule has 15 heteroatoms. The minimum absolute atomic E-state index is 0.156. The van der Waals surface area contributed by atoms with Crippen molar-refractivity contribution in [3.8, 4) is 11.1 Å². The lowest BCUT2D eigenvalue weighted by Crippen LogP contribution is -2.46. The van der Waals surface area contributed by atoms with E-state index in [1.54, 1.807) is 23.9 Å². The van der Waals surface area contributed by atoms with E-state index in [4.69, 9.17) is 16.3 Å². The summed E-state index contributed by atoms with van der Waals surface area (Å²) < 4.78 is 35.4. The van der Waals surface area contributed by atoms with Gasteiger partial charge in [0.1, 0.15) is 5.69 Å². The largest absolute Gasteiger partial charge is 0.376 e. The van der Waals surface area contributed by atoms with Crippen LogP contribution >= 0.6 is 23.4 Å². The first-order chi connectivity index (χ1) is 31.1. The van der Waals surface area contributed by atoms with Crippen LogP contribution in [0.1, 0.15) is 41.6 Å². The minimum atomic E-state index is -4.45. The first-order valence-electron chi connectivity index (χ1n) is 21.8. The first-order valence-corrected chi connectivity index (χ1v) is 24.7. The lowest BCUT2D eigenvalue weighted by molar-refractivity contribution is -0.384.